The van der Waals surface area contributed by atoms with E-state index in [1.165, 1.54) is 25.5 Å². The van der Waals surface area contributed by atoms with E-state index < -0.39 is 34.8 Å². The van der Waals surface area contributed by atoms with E-state index in [4.69, 9.17) is 19.9 Å². The lowest BCUT2D eigenvalue weighted by Crippen LogP contribution is -2.56. The number of nitrogens with two attached hydrogens (primary N) is 1. The molecule has 0 saturated heterocycles. The lowest BCUT2D eigenvalue weighted by Gasteiger charge is -2.28. The third-order valence-electron chi connectivity index (χ3n) is 6.48. The Kier molecular flexibility index (Phi) is 9.93. The molecule has 1 aromatic carbocycles. The summed E-state index contributed by atoms with van der Waals surface area (Å²) in [6, 6.07) is 7.02. The summed E-state index contributed by atoms with van der Waals surface area (Å²) in [5.74, 6) is -0.538. The van der Waals surface area contributed by atoms with E-state index in [0.29, 0.717) is 16.9 Å². The number of carbonyl (C=O) groups is 2. The molecule has 0 saturated carbocycles. The maximum absolute atomic E-state index is 14.2. The summed E-state index contributed by atoms with van der Waals surface area (Å²) in [6.45, 7) is 10.5. The van der Waals surface area contributed by atoms with Crippen molar-refractivity contribution < 1.29 is 23.8 Å². The van der Waals surface area contributed by atoms with E-state index in [1.807, 2.05) is 18.2 Å². The van der Waals surface area contributed by atoms with Crippen LogP contribution in [-0.2, 0) is 26.4 Å². The lowest BCUT2D eigenvalue weighted by molar-refractivity contribution is -0.129. The van der Waals surface area contributed by atoms with E-state index in [0.717, 1.165) is 15.9 Å². The molecule has 0 aliphatic rings. The number of ether oxygens (including phenoxy) is 3. The Balaban J connectivity index is 2.38. The average Bonchev–Trinajstić information content (AvgIpc) is 3.25. The van der Waals surface area contributed by atoms with Gasteiger partial charge in [-0.3, -0.25) is 14.2 Å². The van der Waals surface area contributed by atoms with Gasteiger partial charge >= 0.3 is 11.7 Å². The molecule has 1 unspecified atom stereocenters. The van der Waals surface area contributed by atoms with Gasteiger partial charge in [0, 0.05) is 18.2 Å². The number of carbonyl (C=O) groups excluding carboxylic acids is 2. The zero-order valence-corrected chi connectivity index (χ0v) is 24.8. The van der Waals surface area contributed by atoms with Gasteiger partial charge < -0.3 is 25.3 Å². The van der Waals surface area contributed by atoms with E-state index in [1.54, 1.807) is 33.8 Å². The minimum atomic E-state index is -1.55. The maximum Gasteiger partial charge on any atom is 0.348 e. The number of rotatable bonds is 12. The van der Waals surface area contributed by atoms with Crippen molar-refractivity contribution in [3.05, 3.63) is 61.1 Å². The van der Waals surface area contributed by atoms with Crippen LogP contribution >= 0.6 is 11.3 Å². The van der Waals surface area contributed by atoms with Crippen molar-refractivity contribution in [2.24, 2.45) is 5.73 Å². The van der Waals surface area contributed by atoms with Gasteiger partial charge in [0.1, 0.15) is 27.1 Å². The molecule has 0 aliphatic heterocycles. The SMILES string of the molecule is CCOC(=O)c1sc2c(c1C)c(=O)n(C(C)(C)C(=O)NC(C)C)c(=O)n2CC(OCCN)c1ccccc1OC. The first-order chi connectivity index (χ1) is 18.9. The van der Waals surface area contributed by atoms with Crippen molar-refractivity contribution in [2.45, 2.75) is 65.8 Å². The van der Waals surface area contributed by atoms with Gasteiger partial charge in [-0.15, -0.1) is 11.3 Å². The average molecular weight is 575 g/mol. The van der Waals surface area contributed by atoms with E-state index >= 15 is 0 Å². The van der Waals surface area contributed by atoms with Crippen LogP contribution in [0.2, 0.25) is 0 Å². The molecule has 0 radical (unpaired) electrons. The van der Waals surface area contributed by atoms with Crippen LogP contribution < -0.4 is 27.0 Å². The highest BCUT2D eigenvalue weighted by molar-refractivity contribution is 7.20. The molecule has 12 heteroatoms. The highest BCUT2D eigenvalue weighted by atomic mass is 32.1. The number of esters is 1. The second kappa shape index (κ2) is 12.8. The number of aromatic nitrogens is 2. The number of nitrogens with zero attached hydrogens (tertiary/aromatic N) is 2. The summed E-state index contributed by atoms with van der Waals surface area (Å²) in [5.41, 5.74) is 3.86. The number of amides is 1. The van der Waals surface area contributed by atoms with Gasteiger partial charge in [-0.25, -0.2) is 14.2 Å². The molecule has 40 heavy (non-hydrogen) atoms. The molecular formula is C28H38N4O7S. The van der Waals surface area contributed by atoms with Crippen LogP contribution in [0.15, 0.2) is 33.9 Å². The van der Waals surface area contributed by atoms with Crippen LogP contribution in [0.25, 0.3) is 10.2 Å². The van der Waals surface area contributed by atoms with Crippen molar-refractivity contribution in [3.8, 4) is 5.75 Å². The molecule has 3 aromatic rings. The molecule has 218 valence electrons. The van der Waals surface area contributed by atoms with E-state index in [-0.39, 0.29) is 47.4 Å². The van der Waals surface area contributed by atoms with Gasteiger partial charge in [-0.1, -0.05) is 18.2 Å². The molecule has 2 aromatic heterocycles. The molecule has 3 N–H and O–H groups in total. The second-order valence-corrected chi connectivity index (χ2v) is 11.1. The molecule has 3 rings (SSSR count). The fourth-order valence-electron chi connectivity index (χ4n) is 4.48. The van der Waals surface area contributed by atoms with Crippen LogP contribution in [0.3, 0.4) is 0 Å². The molecule has 1 atom stereocenters. The number of methoxy groups -OCH3 is 1. The fraction of sp³-hybridized carbons (Fsp3) is 0.500. The van der Waals surface area contributed by atoms with Crippen LogP contribution in [0, 0.1) is 6.92 Å². The summed E-state index contributed by atoms with van der Waals surface area (Å²) in [7, 11) is 1.54. The van der Waals surface area contributed by atoms with Crippen LogP contribution in [0.1, 0.15) is 61.5 Å². The number of para-hydroxylation sites is 1. The molecule has 2 heterocycles. The van der Waals surface area contributed by atoms with E-state index in [2.05, 4.69) is 5.32 Å². The molecule has 0 aliphatic carbocycles. The highest BCUT2D eigenvalue weighted by Crippen LogP contribution is 2.33. The predicted molar refractivity (Wildman–Crippen MR) is 154 cm³/mol. The van der Waals surface area contributed by atoms with Crippen LogP contribution in [0.4, 0.5) is 0 Å². The lowest BCUT2D eigenvalue weighted by atomic mass is 10.0. The standard InChI is InChI=1S/C28H38N4O7S/c1-8-38-25(34)22-17(4)21-23(33)32(28(5,6)26(35)30-16(2)3)27(36)31(24(21)40-22)15-20(39-14-13-29)18-11-9-10-12-19(18)37-7/h9-12,16,20H,8,13-15,29H2,1-7H3,(H,30,35). The summed E-state index contributed by atoms with van der Waals surface area (Å²) < 4.78 is 19.2. The molecule has 0 fully saturated rings. The Morgan fingerprint density at radius 1 is 1.18 bits per heavy atom. The van der Waals surface area contributed by atoms with Crippen LogP contribution in [0.5, 0.6) is 5.75 Å². The monoisotopic (exact) mass is 574 g/mol. The number of nitrogens with one attached hydrogen (secondary N) is 1. The van der Waals surface area contributed by atoms with Gasteiger partial charge in [0.2, 0.25) is 5.91 Å². The topological polar surface area (TPSA) is 144 Å². The highest BCUT2D eigenvalue weighted by Gasteiger charge is 2.36. The maximum atomic E-state index is 14.2. The van der Waals surface area contributed by atoms with Crippen molar-refractivity contribution in [3.63, 3.8) is 0 Å². The smallest absolute Gasteiger partial charge is 0.348 e. The van der Waals surface area contributed by atoms with Crippen molar-refractivity contribution >= 4 is 33.4 Å². The first kappa shape index (κ1) is 31.1. The van der Waals surface area contributed by atoms with Crippen molar-refractivity contribution in [1.29, 1.82) is 0 Å². The third-order valence-corrected chi connectivity index (χ3v) is 7.77. The summed E-state index contributed by atoms with van der Waals surface area (Å²) in [4.78, 5) is 54.6. The van der Waals surface area contributed by atoms with E-state index in [9.17, 15) is 19.2 Å². The molecule has 1 amide bonds. The Hall–Kier alpha value is -3.48. The minimum absolute atomic E-state index is 0.0416. The predicted octanol–water partition coefficient (Wildman–Crippen LogP) is 2.69. The normalized spacial score (nSPS) is 12.5. The Morgan fingerprint density at radius 3 is 2.45 bits per heavy atom. The van der Waals surface area contributed by atoms with Gasteiger partial charge in [0.05, 0.1) is 32.3 Å². The Morgan fingerprint density at radius 2 is 1.85 bits per heavy atom. The Bertz CT molecular complexity index is 1500. The second-order valence-electron chi connectivity index (χ2n) is 10.1. The number of thiophene rings is 1. The largest absolute Gasteiger partial charge is 0.496 e. The zero-order valence-electron chi connectivity index (χ0n) is 24.0. The number of aryl methyl sites for hydroxylation is 1. The van der Waals surface area contributed by atoms with Gasteiger partial charge in [-0.05, 0) is 53.2 Å². The number of hydrogen-bond acceptors (Lipinski definition) is 9. The van der Waals surface area contributed by atoms with Gasteiger partial charge in [0.15, 0.2) is 0 Å². The van der Waals surface area contributed by atoms with Gasteiger partial charge in [-0.2, -0.15) is 0 Å². The quantitative estimate of drug-likeness (QED) is 0.314. The zero-order chi connectivity index (χ0) is 29.8. The summed E-state index contributed by atoms with van der Waals surface area (Å²) >= 11 is 0.999. The van der Waals surface area contributed by atoms with Gasteiger partial charge in [0.25, 0.3) is 5.56 Å². The summed E-state index contributed by atoms with van der Waals surface area (Å²) in [6.07, 6.45) is -0.701. The number of fused-ring (bicyclic) bond motifs is 1. The molecule has 0 bridgehead atoms. The fourth-order valence-corrected chi connectivity index (χ4v) is 5.68. The molecular weight excluding hydrogens is 536 g/mol. The first-order valence-corrected chi connectivity index (χ1v) is 13.9. The molecule has 11 nitrogen and oxygen atoms in total. The minimum Gasteiger partial charge on any atom is -0.496 e. The molecule has 0 spiro atoms. The first-order valence-electron chi connectivity index (χ1n) is 13.1. The summed E-state index contributed by atoms with van der Waals surface area (Å²) in [5, 5.41) is 2.96. The van der Waals surface area contributed by atoms with Crippen molar-refractivity contribution in [1.82, 2.24) is 14.5 Å². The number of hydrogen-bond donors (Lipinski definition) is 2. The Labute approximate surface area is 236 Å². The van der Waals surface area contributed by atoms with Crippen molar-refractivity contribution in [2.75, 3.05) is 26.9 Å². The van der Waals surface area contributed by atoms with Crippen LogP contribution in [-0.4, -0.2) is 53.9 Å². The third kappa shape index (κ3) is 5.98. The number of benzene rings is 1.